The molecule has 0 fully saturated rings. The topological polar surface area (TPSA) is 46.9 Å². The lowest BCUT2D eigenvalue weighted by Crippen LogP contribution is -2.21. The molecule has 0 aliphatic carbocycles. The normalized spacial score (nSPS) is 10.9. The van der Waals surface area contributed by atoms with E-state index in [4.69, 9.17) is 16.6 Å². The van der Waals surface area contributed by atoms with Gasteiger partial charge in [0.1, 0.15) is 5.82 Å². The molecule has 1 aromatic heterocycles. The molecule has 3 rings (SSSR count). The van der Waals surface area contributed by atoms with Gasteiger partial charge >= 0.3 is 0 Å². The van der Waals surface area contributed by atoms with Crippen LogP contribution < -0.4 is 5.32 Å². The number of nitrogens with one attached hydrogen (secondary N) is 1. The van der Waals surface area contributed by atoms with Crippen molar-refractivity contribution in [2.45, 2.75) is 32.2 Å². The van der Waals surface area contributed by atoms with Crippen molar-refractivity contribution in [1.82, 2.24) is 14.9 Å². The van der Waals surface area contributed by atoms with Gasteiger partial charge in [0.25, 0.3) is 0 Å². The van der Waals surface area contributed by atoms with Crippen LogP contribution in [0.15, 0.2) is 61.2 Å². The van der Waals surface area contributed by atoms with Crippen LogP contribution >= 0.6 is 11.6 Å². The fourth-order valence-corrected chi connectivity index (χ4v) is 3.35. The molecule has 1 N–H and O–H groups in total. The molecule has 0 atom stereocenters. The molecule has 0 saturated carbocycles. The molecular weight excluding hydrogens is 358 g/mol. The largest absolute Gasteiger partial charge is 0.353 e. The van der Waals surface area contributed by atoms with Crippen LogP contribution in [-0.2, 0) is 17.8 Å². The first-order valence-electron chi connectivity index (χ1n) is 9.27. The van der Waals surface area contributed by atoms with Crippen LogP contribution in [0.2, 0.25) is 5.02 Å². The minimum absolute atomic E-state index is 0.114. The Labute approximate surface area is 164 Å². The number of halogens is 1. The number of amides is 1. The minimum Gasteiger partial charge on any atom is -0.353 e. The summed E-state index contributed by atoms with van der Waals surface area (Å²) >= 11 is 6.37. The summed E-state index contributed by atoms with van der Waals surface area (Å²) in [6.45, 7) is 4.85. The van der Waals surface area contributed by atoms with Crippen LogP contribution in [0.5, 0.6) is 0 Å². The number of carbonyl (C=O) groups is 1. The summed E-state index contributed by atoms with van der Waals surface area (Å²) in [5.74, 6) is 0.961. The second kappa shape index (κ2) is 9.38. The summed E-state index contributed by atoms with van der Waals surface area (Å²) in [7, 11) is 0. The lowest BCUT2D eigenvalue weighted by Gasteiger charge is -2.11. The van der Waals surface area contributed by atoms with Gasteiger partial charge in [-0.2, -0.15) is 0 Å². The van der Waals surface area contributed by atoms with Crippen molar-refractivity contribution in [3.05, 3.63) is 77.6 Å². The van der Waals surface area contributed by atoms with Crippen LogP contribution in [0, 0.1) is 0 Å². The molecule has 0 saturated heterocycles. The molecule has 4 nitrogen and oxygen atoms in total. The molecule has 0 unspecified atom stereocenters. The maximum absolute atomic E-state index is 11.2. The number of nitrogens with zero attached hydrogens (tertiary/aromatic N) is 2. The van der Waals surface area contributed by atoms with E-state index >= 15 is 0 Å². The molecule has 5 heteroatoms. The van der Waals surface area contributed by atoms with Crippen molar-refractivity contribution in [2.75, 3.05) is 6.54 Å². The number of aromatic nitrogens is 2. The number of benzene rings is 2. The number of hydrogen-bond donors (Lipinski definition) is 1. The highest BCUT2D eigenvalue weighted by atomic mass is 35.5. The standard InChI is InChI=1S/C22H24ClN3O/c1-2-22(27)24-15-9-3-4-14-21-25-19-12-7-8-13-20(19)26(21)16-17-10-5-6-11-18(17)23/h2,5-8,10-13H,1,3-4,9,14-16H2,(H,24,27). The van der Waals surface area contributed by atoms with E-state index in [0.717, 1.165) is 53.1 Å². The van der Waals surface area contributed by atoms with Gasteiger partial charge in [0.05, 0.1) is 17.6 Å². The quantitative estimate of drug-likeness (QED) is 0.429. The predicted molar refractivity (Wildman–Crippen MR) is 111 cm³/mol. The van der Waals surface area contributed by atoms with E-state index in [1.807, 2.05) is 36.4 Å². The fourth-order valence-electron chi connectivity index (χ4n) is 3.16. The Hall–Kier alpha value is -2.59. The summed E-state index contributed by atoms with van der Waals surface area (Å²) in [6, 6.07) is 16.2. The van der Waals surface area contributed by atoms with Crippen LogP contribution in [0.25, 0.3) is 11.0 Å². The van der Waals surface area contributed by atoms with Crippen molar-refractivity contribution in [1.29, 1.82) is 0 Å². The smallest absolute Gasteiger partial charge is 0.243 e. The third-order valence-electron chi connectivity index (χ3n) is 4.58. The number of hydrogen-bond acceptors (Lipinski definition) is 2. The van der Waals surface area contributed by atoms with Crippen LogP contribution in [0.4, 0.5) is 0 Å². The summed E-state index contributed by atoms with van der Waals surface area (Å²) < 4.78 is 2.26. The van der Waals surface area contributed by atoms with E-state index in [-0.39, 0.29) is 5.91 Å². The SMILES string of the molecule is C=CC(=O)NCCCCCc1nc2ccccc2n1Cc1ccccc1Cl. The third-order valence-corrected chi connectivity index (χ3v) is 4.95. The molecular formula is C22H24ClN3O. The van der Waals surface area contributed by atoms with Gasteiger partial charge in [-0.1, -0.05) is 54.9 Å². The van der Waals surface area contributed by atoms with Gasteiger partial charge in [-0.05, 0) is 42.7 Å². The van der Waals surface area contributed by atoms with E-state index in [9.17, 15) is 4.79 Å². The van der Waals surface area contributed by atoms with Gasteiger partial charge < -0.3 is 9.88 Å². The average molecular weight is 382 g/mol. The first-order chi connectivity index (χ1) is 13.2. The molecule has 0 spiro atoms. The summed E-state index contributed by atoms with van der Waals surface area (Å²) in [4.78, 5) is 16.0. The van der Waals surface area contributed by atoms with E-state index < -0.39 is 0 Å². The Kier molecular flexibility index (Phi) is 6.66. The van der Waals surface area contributed by atoms with Gasteiger partial charge in [-0.25, -0.2) is 4.98 Å². The second-order valence-electron chi connectivity index (χ2n) is 6.50. The maximum atomic E-state index is 11.2. The van der Waals surface area contributed by atoms with E-state index in [0.29, 0.717) is 13.1 Å². The number of unbranched alkanes of at least 4 members (excludes halogenated alkanes) is 2. The van der Waals surface area contributed by atoms with Crippen molar-refractivity contribution in [3.63, 3.8) is 0 Å². The molecule has 0 radical (unpaired) electrons. The van der Waals surface area contributed by atoms with Gasteiger partial charge in [0.15, 0.2) is 0 Å². The molecule has 0 aliphatic heterocycles. The van der Waals surface area contributed by atoms with E-state index in [1.165, 1.54) is 6.08 Å². The molecule has 27 heavy (non-hydrogen) atoms. The fraction of sp³-hybridized carbons (Fsp3) is 0.273. The molecule has 1 heterocycles. The van der Waals surface area contributed by atoms with Crippen molar-refractivity contribution in [2.24, 2.45) is 0 Å². The molecule has 1 amide bonds. The first kappa shape index (κ1) is 19.2. The van der Waals surface area contributed by atoms with Gasteiger partial charge in [-0.15, -0.1) is 0 Å². The number of para-hydroxylation sites is 2. The zero-order chi connectivity index (χ0) is 19.1. The Balaban J connectivity index is 1.68. The Morgan fingerprint density at radius 2 is 1.89 bits per heavy atom. The lowest BCUT2D eigenvalue weighted by atomic mass is 10.1. The Morgan fingerprint density at radius 1 is 1.11 bits per heavy atom. The van der Waals surface area contributed by atoms with Gasteiger partial charge in [0, 0.05) is 18.0 Å². The molecule has 2 aromatic carbocycles. The molecule has 0 bridgehead atoms. The monoisotopic (exact) mass is 381 g/mol. The number of fused-ring (bicyclic) bond motifs is 1. The average Bonchev–Trinajstić information content (AvgIpc) is 3.03. The van der Waals surface area contributed by atoms with Gasteiger partial charge in [0.2, 0.25) is 5.91 Å². The number of imidazole rings is 1. The summed E-state index contributed by atoms with van der Waals surface area (Å²) in [5.41, 5.74) is 3.24. The molecule has 140 valence electrons. The minimum atomic E-state index is -0.114. The Bertz CT molecular complexity index is 932. The Morgan fingerprint density at radius 3 is 2.70 bits per heavy atom. The third kappa shape index (κ3) is 4.98. The lowest BCUT2D eigenvalue weighted by molar-refractivity contribution is -0.116. The number of rotatable bonds is 9. The first-order valence-corrected chi connectivity index (χ1v) is 9.64. The van der Waals surface area contributed by atoms with Crippen LogP contribution in [0.3, 0.4) is 0 Å². The summed E-state index contributed by atoms with van der Waals surface area (Å²) in [6.07, 6.45) is 5.21. The highest BCUT2D eigenvalue weighted by molar-refractivity contribution is 6.31. The predicted octanol–water partition coefficient (Wildman–Crippen LogP) is 4.75. The zero-order valence-corrected chi connectivity index (χ0v) is 16.1. The zero-order valence-electron chi connectivity index (χ0n) is 15.3. The molecule has 3 aromatic rings. The van der Waals surface area contributed by atoms with Crippen LogP contribution in [0.1, 0.15) is 30.7 Å². The van der Waals surface area contributed by atoms with Crippen molar-refractivity contribution < 1.29 is 4.79 Å². The van der Waals surface area contributed by atoms with Crippen LogP contribution in [-0.4, -0.2) is 22.0 Å². The summed E-state index contributed by atoms with van der Waals surface area (Å²) in [5, 5.41) is 3.59. The van der Waals surface area contributed by atoms with Gasteiger partial charge in [-0.3, -0.25) is 4.79 Å². The highest BCUT2D eigenvalue weighted by Crippen LogP contribution is 2.22. The highest BCUT2D eigenvalue weighted by Gasteiger charge is 2.12. The van der Waals surface area contributed by atoms with E-state index in [2.05, 4.69) is 28.6 Å². The second-order valence-corrected chi connectivity index (χ2v) is 6.91. The van der Waals surface area contributed by atoms with Crippen molar-refractivity contribution in [3.8, 4) is 0 Å². The van der Waals surface area contributed by atoms with E-state index in [1.54, 1.807) is 0 Å². The maximum Gasteiger partial charge on any atom is 0.243 e. The number of carbonyl (C=O) groups excluding carboxylic acids is 1. The molecule has 0 aliphatic rings. The van der Waals surface area contributed by atoms with Crippen molar-refractivity contribution >= 4 is 28.5 Å². The number of aryl methyl sites for hydroxylation is 1.